The minimum Gasteiger partial charge on any atom is -0.497 e. The zero-order valence-electron chi connectivity index (χ0n) is 16.8. The lowest BCUT2D eigenvalue weighted by Gasteiger charge is -2.19. The van der Waals surface area contributed by atoms with Crippen LogP contribution in [0.4, 0.5) is 5.95 Å². The fourth-order valence-corrected chi connectivity index (χ4v) is 3.56. The average Bonchev–Trinajstić information content (AvgIpc) is 2.82. The van der Waals surface area contributed by atoms with E-state index in [-0.39, 0.29) is 5.56 Å². The number of ether oxygens (including phenoxy) is 3. The molecule has 156 valence electrons. The van der Waals surface area contributed by atoms with Gasteiger partial charge in [0.15, 0.2) is 17.1 Å². The molecule has 0 radical (unpaired) electrons. The molecule has 4 aromatic rings. The molecule has 8 heteroatoms. The van der Waals surface area contributed by atoms with Gasteiger partial charge in [-0.05, 0) is 47.0 Å². The van der Waals surface area contributed by atoms with Crippen LogP contribution in [0.3, 0.4) is 0 Å². The van der Waals surface area contributed by atoms with Crippen molar-refractivity contribution in [2.45, 2.75) is 6.54 Å². The van der Waals surface area contributed by atoms with Crippen molar-refractivity contribution < 1.29 is 14.2 Å². The molecule has 0 saturated carbocycles. The Balaban J connectivity index is 1.44. The molecule has 0 spiro atoms. The number of aromatic nitrogens is 3. The summed E-state index contributed by atoms with van der Waals surface area (Å²) in [5.74, 6) is 2.52. The van der Waals surface area contributed by atoms with Crippen molar-refractivity contribution in [3.05, 3.63) is 70.6 Å². The van der Waals surface area contributed by atoms with Gasteiger partial charge in [0.25, 0.3) is 5.56 Å². The summed E-state index contributed by atoms with van der Waals surface area (Å²) in [4.78, 5) is 24.5. The largest absolute Gasteiger partial charge is 0.497 e. The van der Waals surface area contributed by atoms with Crippen LogP contribution in [0.25, 0.3) is 22.2 Å². The first-order valence-corrected chi connectivity index (χ1v) is 9.87. The Labute approximate surface area is 177 Å². The van der Waals surface area contributed by atoms with Crippen LogP contribution in [-0.4, -0.2) is 35.3 Å². The zero-order chi connectivity index (χ0) is 21.2. The van der Waals surface area contributed by atoms with Crippen molar-refractivity contribution in [3.8, 4) is 28.4 Å². The van der Waals surface area contributed by atoms with Gasteiger partial charge in [-0.25, -0.2) is 4.98 Å². The second-order valence-corrected chi connectivity index (χ2v) is 7.04. The molecule has 0 fully saturated rings. The first-order valence-electron chi connectivity index (χ1n) is 9.87. The Morgan fingerprint density at radius 2 is 1.97 bits per heavy atom. The number of hydrogen-bond donors (Lipinski definition) is 2. The average molecular weight is 416 g/mol. The standard InChI is InChI=1S/C23H20N4O4/c1-29-16-4-2-3-15(12-16)17-7-8-24-21-20(17)22(28)27-23(26-21)25-13-14-5-6-18-19(11-14)31-10-9-30-18/h2-8,11-12H,9-10,13H2,1H3,(H2,24,25,26,27,28). The summed E-state index contributed by atoms with van der Waals surface area (Å²) in [7, 11) is 1.61. The highest BCUT2D eigenvalue weighted by Crippen LogP contribution is 2.31. The second kappa shape index (κ2) is 7.98. The van der Waals surface area contributed by atoms with E-state index in [1.165, 1.54) is 0 Å². The highest BCUT2D eigenvalue weighted by Gasteiger charge is 2.14. The van der Waals surface area contributed by atoms with Gasteiger partial charge in [0.1, 0.15) is 19.0 Å². The van der Waals surface area contributed by atoms with Crippen molar-refractivity contribution >= 4 is 17.0 Å². The number of rotatable bonds is 5. The molecule has 1 aliphatic heterocycles. The molecule has 0 saturated heterocycles. The van der Waals surface area contributed by atoms with Gasteiger partial charge in [0.2, 0.25) is 5.95 Å². The fourth-order valence-electron chi connectivity index (χ4n) is 3.56. The highest BCUT2D eigenvalue weighted by atomic mass is 16.6. The zero-order valence-corrected chi connectivity index (χ0v) is 16.8. The first-order chi connectivity index (χ1) is 15.2. The number of pyridine rings is 1. The molecule has 0 bridgehead atoms. The summed E-state index contributed by atoms with van der Waals surface area (Å²) in [5, 5.41) is 3.59. The third kappa shape index (κ3) is 3.75. The first kappa shape index (κ1) is 18.9. The molecule has 1 aliphatic rings. The van der Waals surface area contributed by atoms with E-state index in [2.05, 4.69) is 20.3 Å². The van der Waals surface area contributed by atoms with Gasteiger partial charge in [-0.15, -0.1) is 0 Å². The number of aromatic amines is 1. The molecule has 2 aromatic heterocycles. The molecular formula is C23H20N4O4. The fraction of sp³-hybridized carbons (Fsp3) is 0.174. The van der Waals surface area contributed by atoms with Gasteiger partial charge < -0.3 is 19.5 Å². The Morgan fingerprint density at radius 3 is 2.84 bits per heavy atom. The van der Waals surface area contributed by atoms with E-state index in [4.69, 9.17) is 14.2 Å². The maximum atomic E-state index is 12.9. The molecule has 2 aromatic carbocycles. The quantitative estimate of drug-likeness (QED) is 0.515. The summed E-state index contributed by atoms with van der Waals surface area (Å²) >= 11 is 0. The lowest BCUT2D eigenvalue weighted by molar-refractivity contribution is 0.171. The normalized spacial score (nSPS) is 12.5. The summed E-state index contributed by atoms with van der Waals surface area (Å²) in [6.45, 7) is 1.54. The number of nitrogens with zero attached hydrogens (tertiary/aromatic N) is 2. The minimum absolute atomic E-state index is 0.263. The lowest BCUT2D eigenvalue weighted by atomic mass is 10.0. The molecule has 0 unspecified atom stereocenters. The smallest absolute Gasteiger partial charge is 0.262 e. The molecule has 2 N–H and O–H groups in total. The number of nitrogens with one attached hydrogen (secondary N) is 2. The summed E-state index contributed by atoms with van der Waals surface area (Å²) in [6, 6.07) is 15.1. The number of fused-ring (bicyclic) bond motifs is 2. The topological polar surface area (TPSA) is 98.4 Å². The monoisotopic (exact) mass is 416 g/mol. The van der Waals surface area contributed by atoms with Crippen LogP contribution in [0.2, 0.25) is 0 Å². The van der Waals surface area contributed by atoms with Crippen LogP contribution >= 0.6 is 0 Å². The maximum absolute atomic E-state index is 12.9. The highest BCUT2D eigenvalue weighted by molar-refractivity contribution is 5.92. The van der Waals surface area contributed by atoms with Crippen LogP contribution in [0.1, 0.15) is 5.56 Å². The van der Waals surface area contributed by atoms with Crippen LogP contribution in [0, 0.1) is 0 Å². The van der Waals surface area contributed by atoms with E-state index >= 15 is 0 Å². The van der Waals surface area contributed by atoms with Gasteiger partial charge >= 0.3 is 0 Å². The van der Waals surface area contributed by atoms with E-state index in [1.807, 2.05) is 42.5 Å². The Morgan fingerprint density at radius 1 is 1.10 bits per heavy atom. The third-order valence-corrected chi connectivity index (χ3v) is 5.05. The molecular weight excluding hydrogens is 396 g/mol. The molecule has 5 rings (SSSR count). The minimum atomic E-state index is -0.263. The van der Waals surface area contributed by atoms with Crippen LogP contribution in [0.15, 0.2) is 59.5 Å². The molecule has 8 nitrogen and oxygen atoms in total. The van der Waals surface area contributed by atoms with Crippen molar-refractivity contribution in [2.75, 3.05) is 25.6 Å². The molecule has 0 atom stereocenters. The molecule has 3 heterocycles. The van der Waals surface area contributed by atoms with Gasteiger partial charge in [0.05, 0.1) is 12.5 Å². The van der Waals surface area contributed by atoms with Crippen molar-refractivity contribution in [2.24, 2.45) is 0 Å². The SMILES string of the molecule is COc1cccc(-c2ccnc3nc(NCc4ccc5c(c4)OCCO5)[nH]c(=O)c23)c1. The van der Waals surface area contributed by atoms with Gasteiger partial charge in [-0.3, -0.25) is 9.78 Å². The van der Waals surface area contributed by atoms with E-state index < -0.39 is 0 Å². The van der Waals surface area contributed by atoms with Crippen LogP contribution in [-0.2, 0) is 6.54 Å². The Hall–Kier alpha value is -4.07. The van der Waals surface area contributed by atoms with Crippen molar-refractivity contribution in [1.82, 2.24) is 15.0 Å². The maximum Gasteiger partial charge on any atom is 0.262 e. The Kier molecular flexibility index (Phi) is 4.87. The number of hydrogen-bond acceptors (Lipinski definition) is 7. The predicted molar refractivity (Wildman–Crippen MR) is 117 cm³/mol. The van der Waals surface area contributed by atoms with E-state index in [9.17, 15) is 4.79 Å². The van der Waals surface area contributed by atoms with Crippen LogP contribution < -0.4 is 25.1 Å². The molecule has 31 heavy (non-hydrogen) atoms. The van der Waals surface area contributed by atoms with E-state index in [0.717, 1.165) is 28.2 Å². The van der Waals surface area contributed by atoms with Crippen LogP contribution in [0.5, 0.6) is 17.2 Å². The third-order valence-electron chi connectivity index (χ3n) is 5.05. The van der Waals surface area contributed by atoms with Gasteiger partial charge in [-0.2, -0.15) is 4.98 Å². The van der Waals surface area contributed by atoms with Gasteiger partial charge in [0, 0.05) is 12.7 Å². The summed E-state index contributed by atoms with van der Waals surface area (Å²) in [5.41, 5.74) is 2.69. The Bertz CT molecular complexity index is 1320. The van der Waals surface area contributed by atoms with Crippen molar-refractivity contribution in [3.63, 3.8) is 0 Å². The second-order valence-electron chi connectivity index (χ2n) is 7.04. The van der Waals surface area contributed by atoms with E-state index in [0.29, 0.717) is 42.5 Å². The number of methoxy groups -OCH3 is 1. The number of anilines is 1. The molecule has 0 aliphatic carbocycles. The van der Waals surface area contributed by atoms with Crippen molar-refractivity contribution in [1.29, 1.82) is 0 Å². The summed E-state index contributed by atoms with van der Waals surface area (Å²) < 4.78 is 16.5. The van der Waals surface area contributed by atoms with Gasteiger partial charge in [-0.1, -0.05) is 18.2 Å². The lowest BCUT2D eigenvalue weighted by Crippen LogP contribution is -2.16. The predicted octanol–water partition coefficient (Wildman–Crippen LogP) is 3.38. The van der Waals surface area contributed by atoms with E-state index in [1.54, 1.807) is 19.4 Å². The number of H-pyrrole nitrogens is 1. The number of benzene rings is 2. The molecule has 0 amide bonds. The summed E-state index contributed by atoms with van der Waals surface area (Å²) in [6.07, 6.45) is 1.65.